The summed E-state index contributed by atoms with van der Waals surface area (Å²) in [6, 6.07) is 13.5. The number of aryl methyl sites for hydroxylation is 1. The predicted octanol–water partition coefficient (Wildman–Crippen LogP) is 4.37. The van der Waals surface area contributed by atoms with Crippen LogP contribution in [0.3, 0.4) is 0 Å². The van der Waals surface area contributed by atoms with Gasteiger partial charge in [-0.2, -0.15) is 0 Å². The molecule has 0 fully saturated rings. The van der Waals surface area contributed by atoms with E-state index in [1.54, 1.807) is 6.07 Å². The lowest BCUT2D eigenvalue weighted by Crippen LogP contribution is -2.10. The van der Waals surface area contributed by atoms with Gasteiger partial charge < -0.3 is 5.11 Å². The zero-order valence-corrected chi connectivity index (χ0v) is 14.8. The summed E-state index contributed by atoms with van der Waals surface area (Å²) in [4.78, 5) is 11.8. The summed E-state index contributed by atoms with van der Waals surface area (Å²) in [5, 5.41) is 18.1. The summed E-state index contributed by atoms with van der Waals surface area (Å²) in [5.74, 6) is 0.804. The Morgan fingerprint density at radius 2 is 1.72 bits per heavy atom. The molecule has 3 rings (SSSR count). The van der Waals surface area contributed by atoms with Gasteiger partial charge in [0.1, 0.15) is 11.6 Å². The number of rotatable bonds is 4. The van der Waals surface area contributed by atoms with Crippen molar-refractivity contribution in [1.29, 1.82) is 0 Å². The molecule has 128 valence electrons. The summed E-state index contributed by atoms with van der Waals surface area (Å²) in [6.07, 6.45) is 0. The number of hydrogen-bond donors (Lipinski definition) is 1. The average molecular weight is 335 g/mol. The molecular weight excluding hydrogens is 314 g/mol. The van der Waals surface area contributed by atoms with Crippen molar-refractivity contribution in [2.75, 3.05) is 0 Å². The van der Waals surface area contributed by atoms with Crippen molar-refractivity contribution < 1.29 is 9.90 Å². The van der Waals surface area contributed by atoms with E-state index in [2.05, 4.69) is 24.0 Å². The van der Waals surface area contributed by atoms with Crippen molar-refractivity contribution in [3.8, 4) is 16.8 Å². The smallest absolute Gasteiger partial charge is 0.336 e. The fourth-order valence-electron chi connectivity index (χ4n) is 3.00. The van der Waals surface area contributed by atoms with Crippen LogP contribution in [-0.2, 0) is 0 Å². The standard InChI is InChI=1S/C20H21N3O2/c1-12(2)19-22-21-14(4)23(19)18-11-16(15-8-6-5-7-9-15)10-17(13(18)3)20(24)25/h5-12H,1-4H3,(H,24,25). The van der Waals surface area contributed by atoms with E-state index in [0.29, 0.717) is 11.1 Å². The summed E-state index contributed by atoms with van der Waals surface area (Å²) in [7, 11) is 0. The van der Waals surface area contributed by atoms with E-state index in [1.807, 2.05) is 54.8 Å². The molecule has 1 heterocycles. The van der Waals surface area contributed by atoms with Gasteiger partial charge in [-0.25, -0.2) is 4.79 Å². The van der Waals surface area contributed by atoms with Gasteiger partial charge in [0.05, 0.1) is 11.3 Å². The molecule has 5 nitrogen and oxygen atoms in total. The molecule has 0 aliphatic heterocycles. The maximum Gasteiger partial charge on any atom is 0.336 e. The van der Waals surface area contributed by atoms with Crippen molar-refractivity contribution in [3.05, 3.63) is 65.2 Å². The van der Waals surface area contributed by atoms with Gasteiger partial charge in [0.2, 0.25) is 0 Å². The van der Waals surface area contributed by atoms with Crippen LogP contribution >= 0.6 is 0 Å². The number of nitrogens with zero attached hydrogens (tertiary/aromatic N) is 3. The van der Waals surface area contributed by atoms with Gasteiger partial charge in [-0.3, -0.25) is 4.57 Å². The third-order valence-electron chi connectivity index (χ3n) is 4.32. The molecule has 1 aromatic heterocycles. The summed E-state index contributed by atoms with van der Waals surface area (Å²) < 4.78 is 1.96. The third-order valence-corrected chi connectivity index (χ3v) is 4.32. The van der Waals surface area contributed by atoms with Gasteiger partial charge in [0, 0.05) is 5.92 Å². The van der Waals surface area contributed by atoms with E-state index in [-0.39, 0.29) is 5.92 Å². The van der Waals surface area contributed by atoms with E-state index >= 15 is 0 Å². The van der Waals surface area contributed by atoms with Crippen molar-refractivity contribution in [1.82, 2.24) is 14.8 Å². The number of benzene rings is 2. The molecule has 1 N–H and O–H groups in total. The Morgan fingerprint density at radius 3 is 2.32 bits per heavy atom. The first kappa shape index (κ1) is 16.9. The van der Waals surface area contributed by atoms with Gasteiger partial charge >= 0.3 is 5.97 Å². The fourth-order valence-corrected chi connectivity index (χ4v) is 3.00. The first-order chi connectivity index (χ1) is 11.9. The van der Waals surface area contributed by atoms with E-state index in [4.69, 9.17) is 0 Å². The van der Waals surface area contributed by atoms with Gasteiger partial charge in [-0.15, -0.1) is 10.2 Å². The van der Waals surface area contributed by atoms with Crippen LogP contribution in [0.25, 0.3) is 16.8 Å². The minimum absolute atomic E-state index is 0.175. The molecule has 25 heavy (non-hydrogen) atoms. The van der Waals surface area contributed by atoms with Crippen LogP contribution in [0.1, 0.15) is 47.3 Å². The normalized spacial score (nSPS) is 11.1. The minimum atomic E-state index is -0.937. The second-order valence-electron chi connectivity index (χ2n) is 6.43. The number of aromatic carboxylic acids is 1. The highest BCUT2D eigenvalue weighted by Gasteiger charge is 2.20. The molecule has 0 aliphatic rings. The highest BCUT2D eigenvalue weighted by molar-refractivity contribution is 5.92. The topological polar surface area (TPSA) is 68.0 Å². The first-order valence-corrected chi connectivity index (χ1v) is 8.25. The van der Waals surface area contributed by atoms with Crippen LogP contribution in [0.2, 0.25) is 0 Å². The second-order valence-corrected chi connectivity index (χ2v) is 6.43. The molecule has 0 bridgehead atoms. The molecular formula is C20H21N3O2. The van der Waals surface area contributed by atoms with Crippen LogP contribution in [0.5, 0.6) is 0 Å². The molecule has 0 amide bonds. The first-order valence-electron chi connectivity index (χ1n) is 8.25. The molecule has 0 atom stereocenters. The largest absolute Gasteiger partial charge is 0.478 e. The van der Waals surface area contributed by atoms with E-state index in [9.17, 15) is 9.90 Å². The van der Waals surface area contributed by atoms with E-state index in [1.165, 1.54) is 0 Å². The zero-order chi connectivity index (χ0) is 18.1. The lowest BCUT2D eigenvalue weighted by atomic mass is 9.97. The Bertz CT molecular complexity index is 928. The zero-order valence-electron chi connectivity index (χ0n) is 14.8. The third kappa shape index (κ3) is 3.05. The van der Waals surface area contributed by atoms with E-state index < -0.39 is 5.97 Å². The summed E-state index contributed by atoms with van der Waals surface area (Å²) >= 11 is 0. The van der Waals surface area contributed by atoms with Crippen LogP contribution in [0.4, 0.5) is 0 Å². The van der Waals surface area contributed by atoms with Crippen LogP contribution in [-0.4, -0.2) is 25.8 Å². The van der Waals surface area contributed by atoms with Gasteiger partial charge in [0.25, 0.3) is 0 Å². The van der Waals surface area contributed by atoms with Gasteiger partial charge in [-0.05, 0) is 42.7 Å². The molecule has 5 heteroatoms. The Morgan fingerprint density at radius 1 is 1.04 bits per heavy atom. The maximum atomic E-state index is 11.8. The van der Waals surface area contributed by atoms with Crippen LogP contribution in [0.15, 0.2) is 42.5 Å². The predicted molar refractivity (Wildman–Crippen MR) is 97.3 cm³/mol. The molecule has 0 spiro atoms. The quantitative estimate of drug-likeness (QED) is 0.768. The fraction of sp³-hybridized carbons (Fsp3) is 0.250. The van der Waals surface area contributed by atoms with Crippen LogP contribution in [0, 0.1) is 13.8 Å². The Labute approximate surface area is 147 Å². The van der Waals surface area contributed by atoms with Gasteiger partial charge in [-0.1, -0.05) is 44.2 Å². The Balaban J connectivity index is 2.32. The lowest BCUT2D eigenvalue weighted by Gasteiger charge is -2.17. The summed E-state index contributed by atoms with van der Waals surface area (Å²) in [5.41, 5.74) is 3.64. The Kier molecular flexibility index (Phi) is 4.40. The molecule has 0 saturated heterocycles. The highest BCUT2D eigenvalue weighted by atomic mass is 16.4. The maximum absolute atomic E-state index is 11.8. The summed E-state index contributed by atoms with van der Waals surface area (Å²) in [6.45, 7) is 7.81. The molecule has 3 aromatic rings. The molecule has 0 unspecified atom stereocenters. The number of carbonyl (C=O) groups is 1. The van der Waals surface area contributed by atoms with Crippen molar-refractivity contribution in [2.24, 2.45) is 0 Å². The number of hydrogen-bond acceptors (Lipinski definition) is 3. The van der Waals surface area contributed by atoms with E-state index in [0.717, 1.165) is 28.5 Å². The number of aromatic nitrogens is 3. The number of carboxylic acid groups (broad SMARTS) is 1. The highest BCUT2D eigenvalue weighted by Crippen LogP contribution is 2.30. The van der Waals surface area contributed by atoms with Crippen molar-refractivity contribution in [3.63, 3.8) is 0 Å². The van der Waals surface area contributed by atoms with Gasteiger partial charge in [0.15, 0.2) is 0 Å². The SMILES string of the molecule is Cc1c(C(=O)O)cc(-c2ccccc2)cc1-n1c(C)nnc1C(C)C. The van der Waals surface area contributed by atoms with Crippen LogP contribution < -0.4 is 0 Å². The Hall–Kier alpha value is -2.95. The van der Waals surface area contributed by atoms with Crippen molar-refractivity contribution in [2.45, 2.75) is 33.6 Å². The number of carboxylic acids is 1. The minimum Gasteiger partial charge on any atom is -0.478 e. The second kappa shape index (κ2) is 6.51. The molecule has 0 aliphatic carbocycles. The molecule has 0 radical (unpaired) electrons. The van der Waals surface area contributed by atoms with Crippen molar-refractivity contribution >= 4 is 5.97 Å². The monoisotopic (exact) mass is 335 g/mol. The molecule has 2 aromatic carbocycles. The average Bonchev–Trinajstić information content (AvgIpc) is 2.97. The lowest BCUT2D eigenvalue weighted by molar-refractivity contribution is 0.0696. The molecule has 0 saturated carbocycles.